The summed E-state index contributed by atoms with van der Waals surface area (Å²) in [7, 11) is 0. The van der Waals surface area contributed by atoms with Gasteiger partial charge in [0.25, 0.3) is 0 Å². The quantitative estimate of drug-likeness (QED) is 0.810. The van der Waals surface area contributed by atoms with Gasteiger partial charge in [0.05, 0.1) is 6.42 Å². The molecular formula is C13H24N2O4. The second-order valence-corrected chi connectivity index (χ2v) is 5.91. The van der Waals surface area contributed by atoms with E-state index in [1.54, 1.807) is 0 Å². The molecule has 2 N–H and O–H groups in total. The lowest BCUT2D eigenvalue weighted by atomic mass is 10.1. The number of ether oxygens (including phenoxy) is 1. The van der Waals surface area contributed by atoms with Gasteiger partial charge in [-0.1, -0.05) is 0 Å². The van der Waals surface area contributed by atoms with Crippen molar-refractivity contribution < 1.29 is 19.4 Å². The first kappa shape index (κ1) is 15.8. The van der Waals surface area contributed by atoms with E-state index < -0.39 is 11.6 Å². The van der Waals surface area contributed by atoms with Crippen molar-refractivity contribution >= 4 is 12.1 Å². The molecule has 1 fully saturated rings. The SMILES string of the molecule is CC(C)(C)OC(=O)NC1CCN(CCC(=O)O)CC1. The van der Waals surface area contributed by atoms with Crippen LogP contribution in [0.3, 0.4) is 0 Å². The maximum atomic E-state index is 11.6. The highest BCUT2D eigenvalue weighted by Crippen LogP contribution is 2.12. The number of rotatable bonds is 4. The number of amides is 1. The number of carbonyl (C=O) groups excluding carboxylic acids is 1. The van der Waals surface area contributed by atoms with Crippen LogP contribution in [0.1, 0.15) is 40.0 Å². The second-order valence-electron chi connectivity index (χ2n) is 5.91. The fourth-order valence-corrected chi connectivity index (χ4v) is 2.03. The highest BCUT2D eigenvalue weighted by molar-refractivity contribution is 5.68. The van der Waals surface area contributed by atoms with Crippen LogP contribution in [-0.2, 0) is 9.53 Å². The van der Waals surface area contributed by atoms with E-state index in [1.807, 2.05) is 20.8 Å². The molecular weight excluding hydrogens is 248 g/mol. The van der Waals surface area contributed by atoms with Crippen molar-refractivity contribution in [1.82, 2.24) is 10.2 Å². The zero-order valence-corrected chi connectivity index (χ0v) is 11.9. The van der Waals surface area contributed by atoms with Crippen molar-refractivity contribution in [2.45, 2.75) is 51.7 Å². The largest absolute Gasteiger partial charge is 0.481 e. The number of carboxylic acids is 1. The third-order valence-corrected chi connectivity index (χ3v) is 2.95. The number of aliphatic carboxylic acids is 1. The van der Waals surface area contributed by atoms with E-state index in [9.17, 15) is 9.59 Å². The summed E-state index contributed by atoms with van der Waals surface area (Å²) in [5, 5.41) is 11.5. The molecule has 1 saturated heterocycles. The molecule has 110 valence electrons. The number of nitrogens with zero attached hydrogens (tertiary/aromatic N) is 1. The minimum absolute atomic E-state index is 0.121. The molecule has 0 aliphatic carbocycles. The van der Waals surface area contributed by atoms with E-state index in [1.165, 1.54) is 0 Å². The van der Waals surface area contributed by atoms with Crippen molar-refractivity contribution in [3.05, 3.63) is 0 Å². The summed E-state index contributed by atoms with van der Waals surface area (Å²) in [6, 6.07) is 0.121. The van der Waals surface area contributed by atoms with Crippen LogP contribution in [0.15, 0.2) is 0 Å². The van der Waals surface area contributed by atoms with Gasteiger partial charge >= 0.3 is 12.1 Å². The van der Waals surface area contributed by atoms with E-state index in [4.69, 9.17) is 9.84 Å². The lowest BCUT2D eigenvalue weighted by molar-refractivity contribution is -0.137. The van der Waals surface area contributed by atoms with Gasteiger partial charge in [0.15, 0.2) is 0 Å². The third-order valence-electron chi connectivity index (χ3n) is 2.95. The number of alkyl carbamates (subject to hydrolysis) is 1. The molecule has 6 heteroatoms. The lowest BCUT2D eigenvalue weighted by Crippen LogP contribution is -2.46. The molecule has 1 amide bonds. The Bertz CT molecular complexity index is 317. The van der Waals surface area contributed by atoms with Gasteiger partial charge in [-0.2, -0.15) is 0 Å². The normalized spacial score (nSPS) is 18.1. The number of likely N-dealkylation sites (tertiary alicyclic amines) is 1. The number of carboxylic acid groups (broad SMARTS) is 1. The van der Waals surface area contributed by atoms with Gasteiger partial charge in [-0.3, -0.25) is 4.79 Å². The van der Waals surface area contributed by atoms with E-state index in [-0.39, 0.29) is 18.6 Å². The van der Waals surface area contributed by atoms with Crippen molar-refractivity contribution in [3.8, 4) is 0 Å². The fourth-order valence-electron chi connectivity index (χ4n) is 2.03. The van der Waals surface area contributed by atoms with Crippen LogP contribution in [0.25, 0.3) is 0 Å². The van der Waals surface area contributed by atoms with Gasteiger partial charge in [0.2, 0.25) is 0 Å². The second kappa shape index (κ2) is 6.75. The summed E-state index contributed by atoms with van der Waals surface area (Å²) >= 11 is 0. The maximum absolute atomic E-state index is 11.6. The highest BCUT2D eigenvalue weighted by atomic mass is 16.6. The van der Waals surface area contributed by atoms with Crippen LogP contribution in [0.2, 0.25) is 0 Å². The highest BCUT2D eigenvalue weighted by Gasteiger charge is 2.23. The first-order chi connectivity index (χ1) is 8.76. The third kappa shape index (κ3) is 7.00. The molecule has 1 aliphatic heterocycles. The van der Waals surface area contributed by atoms with Crippen molar-refractivity contribution in [3.63, 3.8) is 0 Å². The lowest BCUT2D eigenvalue weighted by Gasteiger charge is -2.32. The molecule has 6 nitrogen and oxygen atoms in total. The molecule has 0 bridgehead atoms. The predicted octanol–water partition coefficient (Wildman–Crippen LogP) is 1.45. The minimum atomic E-state index is -0.769. The Morgan fingerprint density at radius 1 is 1.32 bits per heavy atom. The van der Waals surface area contributed by atoms with Crippen molar-refractivity contribution in [2.75, 3.05) is 19.6 Å². The van der Waals surface area contributed by atoms with Gasteiger partial charge < -0.3 is 20.1 Å². The average molecular weight is 272 g/mol. The van der Waals surface area contributed by atoms with E-state index in [0.29, 0.717) is 6.54 Å². The zero-order chi connectivity index (χ0) is 14.5. The van der Waals surface area contributed by atoms with Crippen molar-refractivity contribution in [2.24, 2.45) is 0 Å². The molecule has 1 aliphatic rings. The Morgan fingerprint density at radius 2 is 1.89 bits per heavy atom. The van der Waals surface area contributed by atoms with Crippen LogP contribution in [0, 0.1) is 0 Å². The first-order valence-electron chi connectivity index (χ1n) is 6.70. The molecule has 19 heavy (non-hydrogen) atoms. The Labute approximate surface area is 114 Å². The number of piperidine rings is 1. The van der Waals surface area contributed by atoms with Gasteiger partial charge in [-0.05, 0) is 33.6 Å². The predicted molar refractivity (Wildman–Crippen MR) is 71.1 cm³/mol. The summed E-state index contributed by atoms with van der Waals surface area (Å²) in [4.78, 5) is 24.2. The summed E-state index contributed by atoms with van der Waals surface area (Å²) < 4.78 is 5.20. The Morgan fingerprint density at radius 3 is 2.37 bits per heavy atom. The smallest absolute Gasteiger partial charge is 0.407 e. The molecule has 0 saturated carbocycles. The van der Waals surface area contributed by atoms with E-state index in [2.05, 4.69) is 10.2 Å². The number of hydrogen-bond acceptors (Lipinski definition) is 4. The van der Waals surface area contributed by atoms with Gasteiger partial charge in [0, 0.05) is 25.7 Å². The minimum Gasteiger partial charge on any atom is -0.481 e. The number of hydrogen-bond donors (Lipinski definition) is 2. The van der Waals surface area contributed by atoms with Gasteiger partial charge in [-0.15, -0.1) is 0 Å². The molecule has 1 rings (SSSR count). The van der Waals surface area contributed by atoms with Crippen molar-refractivity contribution in [1.29, 1.82) is 0 Å². The standard InChI is InChI=1S/C13H24N2O4/c1-13(2,3)19-12(18)14-10-4-7-15(8-5-10)9-6-11(16)17/h10H,4-9H2,1-3H3,(H,14,18)(H,16,17). The molecule has 1 heterocycles. The van der Waals surface area contributed by atoms with Crippen LogP contribution in [0.5, 0.6) is 0 Å². The molecule has 0 aromatic carbocycles. The maximum Gasteiger partial charge on any atom is 0.407 e. The average Bonchev–Trinajstić information content (AvgIpc) is 2.25. The molecule has 0 spiro atoms. The van der Waals surface area contributed by atoms with Gasteiger partial charge in [0.1, 0.15) is 5.60 Å². The zero-order valence-electron chi connectivity index (χ0n) is 11.9. The summed E-state index contributed by atoms with van der Waals surface area (Å²) in [6.07, 6.45) is 1.46. The monoisotopic (exact) mass is 272 g/mol. The van der Waals surface area contributed by atoms with Crippen LogP contribution < -0.4 is 5.32 Å². The number of carbonyl (C=O) groups is 2. The molecule has 0 aromatic rings. The van der Waals surface area contributed by atoms with E-state index >= 15 is 0 Å². The van der Waals surface area contributed by atoms with Crippen LogP contribution >= 0.6 is 0 Å². The molecule has 0 atom stereocenters. The van der Waals surface area contributed by atoms with E-state index in [0.717, 1.165) is 25.9 Å². The Hall–Kier alpha value is -1.30. The Kier molecular flexibility index (Phi) is 5.60. The summed E-state index contributed by atoms with van der Waals surface area (Å²) in [5.74, 6) is -0.769. The Balaban J connectivity index is 2.23. The van der Waals surface area contributed by atoms with Crippen LogP contribution in [0.4, 0.5) is 4.79 Å². The summed E-state index contributed by atoms with van der Waals surface area (Å²) in [5.41, 5.74) is -0.480. The first-order valence-corrected chi connectivity index (χ1v) is 6.70. The van der Waals surface area contributed by atoms with Gasteiger partial charge in [-0.25, -0.2) is 4.79 Å². The fraction of sp³-hybridized carbons (Fsp3) is 0.846. The molecule has 0 unspecified atom stereocenters. The van der Waals surface area contributed by atoms with Crippen LogP contribution in [-0.4, -0.2) is 53.3 Å². The number of nitrogens with one attached hydrogen (secondary N) is 1. The topological polar surface area (TPSA) is 78.9 Å². The summed E-state index contributed by atoms with van der Waals surface area (Å²) in [6.45, 7) is 7.71. The molecule has 0 aromatic heterocycles. The molecule has 0 radical (unpaired) electrons.